The van der Waals surface area contributed by atoms with Gasteiger partial charge in [-0.2, -0.15) is 5.10 Å². The number of rotatable bonds is 8. The molecule has 0 fully saturated rings. The molecular weight excluding hydrogens is 418 g/mol. The topological polar surface area (TPSA) is 157 Å². The van der Waals surface area contributed by atoms with Crippen molar-refractivity contribution in [2.45, 2.75) is 19.8 Å². The summed E-state index contributed by atoms with van der Waals surface area (Å²) in [6.07, 6.45) is -0.205. The van der Waals surface area contributed by atoms with Gasteiger partial charge >= 0.3 is 0 Å². The molecule has 0 heterocycles. The molecule has 11 nitrogen and oxygen atoms in total. The van der Waals surface area contributed by atoms with Crippen molar-refractivity contribution in [1.29, 1.82) is 0 Å². The molecule has 2 aromatic carbocycles. The minimum atomic E-state index is -0.662. The molecule has 2 N–H and O–H groups in total. The fraction of sp³-hybridized carbons (Fsp3) is 0.167. The Morgan fingerprint density at radius 3 is 2.30 bits per heavy atom. The van der Waals surface area contributed by atoms with Gasteiger partial charge in [-0.3, -0.25) is 29.8 Å². The van der Waals surface area contributed by atoms with Crippen LogP contribution in [-0.4, -0.2) is 27.4 Å². The third-order valence-electron chi connectivity index (χ3n) is 3.73. The summed E-state index contributed by atoms with van der Waals surface area (Å²) in [5, 5.41) is 27.8. The Bertz CT molecular complexity index is 1020. The average molecular weight is 434 g/mol. The first-order valence-corrected chi connectivity index (χ1v) is 8.82. The van der Waals surface area contributed by atoms with Crippen molar-refractivity contribution in [1.82, 2.24) is 5.43 Å². The second-order valence-corrected chi connectivity index (χ2v) is 6.54. The molecule has 0 saturated heterocycles. The zero-order valence-corrected chi connectivity index (χ0v) is 16.4. The number of non-ortho nitro benzene ring substituents is 1. The van der Waals surface area contributed by atoms with Crippen LogP contribution in [0.15, 0.2) is 47.6 Å². The highest BCUT2D eigenvalue weighted by Gasteiger charge is 2.14. The zero-order chi connectivity index (χ0) is 22.3. The highest BCUT2D eigenvalue weighted by Crippen LogP contribution is 2.27. The van der Waals surface area contributed by atoms with Gasteiger partial charge in [0.25, 0.3) is 11.4 Å². The van der Waals surface area contributed by atoms with Crippen LogP contribution < -0.4 is 10.7 Å². The number of carbonyl (C=O) groups excluding carboxylic acids is 2. The highest BCUT2D eigenvalue weighted by molar-refractivity contribution is 6.32. The van der Waals surface area contributed by atoms with Gasteiger partial charge in [-0.25, -0.2) is 5.43 Å². The minimum absolute atomic E-state index is 0.0462. The zero-order valence-electron chi connectivity index (χ0n) is 15.6. The third kappa shape index (κ3) is 6.63. The number of benzene rings is 2. The molecule has 30 heavy (non-hydrogen) atoms. The van der Waals surface area contributed by atoms with Crippen molar-refractivity contribution in [3.63, 3.8) is 0 Å². The molecule has 0 bridgehead atoms. The monoisotopic (exact) mass is 433 g/mol. The number of anilines is 1. The molecule has 0 aliphatic rings. The van der Waals surface area contributed by atoms with Crippen LogP contribution in [0.3, 0.4) is 0 Å². The molecule has 2 amide bonds. The van der Waals surface area contributed by atoms with Crippen LogP contribution in [0.5, 0.6) is 0 Å². The summed E-state index contributed by atoms with van der Waals surface area (Å²) in [5.74, 6) is -0.950. The number of carbonyl (C=O) groups is 2. The number of nitro benzene ring substituents is 2. The van der Waals surface area contributed by atoms with Gasteiger partial charge in [0.2, 0.25) is 11.8 Å². The summed E-state index contributed by atoms with van der Waals surface area (Å²) >= 11 is 5.72. The number of nitro groups is 2. The van der Waals surface area contributed by atoms with E-state index in [9.17, 15) is 29.8 Å². The Balaban J connectivity index is 1.87. The average Bonchev–Trinajstić information content (AvgIpc) is 2.68. The molecule has 0 spiro atoms. The van der Waals surface area contributed by atoms with Crippen LogP contribution in [0.25, 0.3) is 0 Å². The highest BCUT2D eigenvalue weighted by atomic mass is 35.5. The van der Waals surface area contributed by atoms with Gasteiger partial charge in [-0.15, -0.1) is 0 Å². The summed E-state index contributed by atoms with van der Waals surface area (Å²) < 4.78 is 0. The number of amides is 2. The van der Waals surface area contributed by atoms with Crippen molar-refractivity contribution in [2.75, 3.05) is 5.32 Å². The van der Waals surface area contributed by atoms with Crippen LogP contribution >= 0.6 is 11.6 Å². The standard InChI is InChI=1S/C18H16ClN5O6/c1-11(8-17(25)20-13-4-7-15(19)16(10-13)24(29)30)21-22-18(26)9-12-2-5-14(6-3-12)23(27)28/h2-7,10H,8-9H2,1H3,(H,20,25)(H,22,26)/b21-11+. The van der Waals surface area contributed by atoms with E-state index < -0.39 is 21.7 Å². The van der Waals surface area contributed by atoms with E-state index in [1.54, 1.807) is 0 Å². The molecule has 156 valence electrons. The molecular formula is C18H16ClN5O6. The smallest absolute Gasteiger partial charge is 0.289 e. The van der Waals surface area contributed by atoms with E-state index >= 15 is 0 Å². The lowest BCUT2D eigenvalue weighted by molar-refractivity contribution is -0.385. The number of hydrazone groups is 1. The van der Waals surface area contributed by atoms with Crippen molar-refractivity contribution < 1.29 is 19.4 Å². The Hall–Kier alpha value is -3.86. The van der Waals surface area contributed by atoms with Crippen LogP contribution in [0.2, 0.25) is 5.02 Å². The van der Waals surface area contributed by atoms with E-state index in [0.29, 0.717) is 11.3 Å². The van der Waals surface area contributed by atoms with E-state index in [4.69, 9.17) is 11.6 Å². The van der Waals surface area contributed by atoms with Crippen molar-refractivity contribution in [2.24, 2.45) is 5.10 Å². The van der Waals surface area contributed by atoms with Gasteiger partial charge in [0.05, 0.1) is 22.7 Å². The Kier molecular flexibility index (Phi) is 7.53. The second-order valence-electron chi connectivity index (χ2n) is 6.13. The lowest BCUT2D eigenvalue weighted by Crippen LogP contribution is -2.22. The summed E-state index contributed by atoms with van der Waals surface area (Å²) in [6, 6.07) is 9.38. The van der Waals surface area contributed by atoms with Crippen LogP contribution in [0.1, 0.15) is 18.9 Å². The van der Waals surface area contributed by atoms with E-state index in [-0.39, 0.29) is 34.9 Å². The first kappa shape index (κ1) is 22.4. The largest absolute Gasteiger partial charge is 0.326 e. The van der Waals surface area contributed by atoms with Crippen molar-refractivity contribution in [3.8, 4) is 0 Å². The van der Waals surface area contributed by atoms with E-state index in [1.165, 1.54) is 43.3 Å². The lowest BCUT2D eigenvalue weighted by atomic mass is 10.1. The van der Waals surface area contributed by atoms with Gasteiger partial charge in [0, 0.05) is 29.6 Å². The van der Waals surface area contributed by atoms with Crippen LogP contribution in [-0.2, 0) is 16.0 Å². The van der Waals surface area contributed by atoms with Gasteiger partial charge in [0.15, 0.2) is 0 Å². The normalized spacial score (nSPS) is 10.9. The number of halogens is 1. The second kappa shape index (κ2) is 10.1. The molecule has 0 aliphatic carbocycles. The molecule has 0 saturated carbocycles. The van der Waals surface area contributed by atoms with Gasteiger partial charge in [0.1, 0.15) is 5.02 Å². The first-order valence-electron chi connectivity index (χ1n) is 8.45. The number of hydrogen-bond acceptors (Lipinski definition) is 7. The minimum Gasteiger partial charge on any atom is -0.326 e. The van der Waals surface area contributed by atoms with Crippen LogP contribution in [0, 0.1) is 20.2 Å². The summed E-state index contributed by atoms with van der Waals surface area (Å²) in [5.41, 5.74) is 2.95. The van der Waals surface area contributed by atoms with Crippen LogP contribution in [0.4, 0.5) is 17.1 Å². The summed E-state index contributed by atoms with van der Waals surface area (Å²) in [4.78, 5) is 44.3. The van der Waals surface area contributed by atoms with Gasteiger partial charge in [-0.1, -0.05) is 23.7 Å². The quantitative estimate of drug-likeness (QED) is 0.369. The lowest BCUT2D eigenvalue weighted by Gasteiger charge is -2.06. The molecule has 0 aromatic heterocycles. The fourth-order valence-electron chi connectivity index (χ4n) is 2.33. The number of hydrogen-bond donors (Lipinski definition) is 2. The SMILES string of the molecule is C/C(CC(=O)Nc1ccc(Cl)c([N+](=O)[O-])c1)=N\NC(=O)Cc1ccc([N+](=O)[O-])cc1. The Labute approximate surface area is 175 Å². The molecule has 2 aromatic rings. The summed E-state index contributed by atoms with van der Waals surface area (Å²) in [6.45, 7) is 1.52. The van der Waals surface area contributed by atoms with Crippen molar-refractivity contribution in [3.05, 3.63) is 73.3 Å². The first-order chi connectivity index (χ1) is 14.2. The molecule has 0 aliphatic heterocycles. The molecule has 0 atom stereocenters. The van der Waals surface area contributed by atoms with Gasteiger partial charge in [-0.05, 0) is 24.6 Å². The molecule has 0 radical (unpaired) electrons. The molecule has 0 unspecified atom stereocenters. The maximum absolute atomic E-state index is 12.0. The fourth-order valence-corrected chi connectivity index (χ4v) is 2.51. The Morgan fingerprint density at radius 1 is 1.03 bits per heavy atom. The summed E-state index contributed by atoms with van der Waals surface area (Å²) in [7, 11) is 0. The maximum atomic E-state index is 12.0. The van der Waals surface area contributed by atoms with E-state index in [2.05, 4.69) is 15.8 Å². The van der Waals surface area contributed by atoms with E-state index in [0.717, 1.165) is 6.07 Å². The van der Waals surface area contributed by atoms with Gasteiger partial charge < -0.3 is 5.32 Å². The van der Waals surface area contributed by atoms with E-state index in [1.807, 2.05) is 0 Å². The predicted molar refractivity (Wildman–Crippen MR) is 109 cm³/mol. The number of nitrogens with zero attached hydrogens (tertiary/aromatic N) is 3. The number of nitrogens with one attached hydrogen (secondary N) is 2. The van der Waals surface area contributed by atoms with Crippen molar-refractivity contribution >= 4 is 46.2 Å². The third-order valence-corrected chi connectivity index (χ3v) is 4.05. The Morgan fingerprint density at radius 2 is 1.70 bits per heavy atom. The predicted octanol–water partition coefficient (Wildman–Crippen LogP) is 3.22. The molecule has 2 rings (SSSR count). The maximum Gasteiger partial charge on any atom is 0.289 e. The molecule has 12 heteroatoms.